The molecule has 2 amide bonds. The third-order valence-corrected chi connectivity index (χ3v) is 6.58. The van der Waals surface area contributed by atoms with E-state index in [1.54, 1.807) is 21.4 Å². The van der Waals surface area contributed by atoms with Crippen molar-refractivity contribution in [3.8, 4) is 5.75 Å². The summed E-state index contributed by atoms with van der Waals surface area (Å²) in [5, 5.41) is 9.03. The Hall–Kier alpha value is -3.43. The topological polar surface area (TPSA) is 89.8 Å². The average molecular weight is 496 g/mol. The van der Waals surface area contributed by atoms with Crippen LogP contribution in [-0.4, -0.2) is 68.9 Å². The van der Waals surface area contributed by atoms with Crippen molar-refractivity contribution < 1.29 is 19.1 Å². The zero-order valence-corrected chi connectivity index (χ0v) is 20.1. The van der Waals surface area contributed by atoms with Gasteiger partial charge in [-0.3, -0.25) is 9.59 Å². The summed E-state index contributed by atoms with van der Waals surface area (Å²) in [4.78, 5) is 29.4. The molecule has 2 aliphatic heterocycles. The minimum atomic E-state index is -0.602. The first-order valence-electron chi connectivity index (χ1n) is 11.6. The quantitative estimate of drug-likeness (QED) is 0.540. The van der Waals surface area contributed by atoms with Crippen LogP contribution >= 0.6 is 11.6 Å². The van der Waals surface area contributed by atoms with Crippen molar-refractivity contribution in [3.63, 3.8) is 0 Å². The molecule has 3 aromatic rings. The van der Waals surface area contributed by atoms with Gasteiger partial charge in [-0.05, 0) is 36.8 Å². The van der Waals surface area contributed by atoms with E-state index in [9.17, 15) is 9.59 Å². The molecule has 2 aliphatic rings. The van der Waals surface area contributed by atoms with Crippen molar-refractivity contribution >= 4 is 23.4 Å². The smallest absolute Gasteiger partial charge is 0.276 e. The van der Waals surface area contributed by atoms with Crippen molar-refractivity contribution in [3.05, 3.63) is 76.6 Å². The standard InChI is InChI=1S/C25H26ClN5O4/c1-17(35-20-5-3-2-4-6-20)24(32)29-11-13-30(14-12-29)25(33)23-21-16-34-22(15-31(21)28-27-23)18-7-9-19(26)10-8-18/h2-10,17,22H,11-16H2,1H3/t17-,22-/m1/s1. The lowest BCUT2D eigenvalue weighted by Gasteiger charge is -2.35. The van der Waals surface area contributed by atoms with Crippen molar-refractivity contribution in [1.82, 2.24) is 24.8 Å². The SMILES string of the molecule is C[C@@H](Oc1ccccc1)C(=O)N1CCN(C(=O)c2nnn3c2CO[C@@H](c2ccc(Cl)cc2)C3)CC1. The first kappa shape index (κ1) is 23.3. The maximum Gasteiger partial charge on any atom is 0.276 e. The van der Waals surface area contributed by atoms with E-state index in [2.05, 4.69) is 10.3 Å². The van der Waals surface area contributed by atoms with Crippen LogP contribution in [0.4, 0.5) is 0 Å². The van der Waals surface area contributed by atoms with Gasteiger partial charge >= 0.3 is 0 Å². The van der Waals surface area contributed by atoms with Crippen molar-refractivity contribution in [2.45, 2.75) is 32.3 Å². The number of benzene rings is 2. The van der Waals surface area contributed by atoms with E-state index < -0.39 is 6.10 Å². The number of nitrogens with zero attached hydrogens (tertiary/aromatic N) is 5. The van der Waals surface area contributed by atoms with Crippen LogP contribution in [0.15, 0.2) is 54.6 Å². The largest absolute Gasteiger partial charge is 0.481 e. The second kappa shape index (κ2) is 10.1. The number of amides is 2. The Kier molecular flexibility index (Phi) is 6.70. The lowest BCUT2D eigenvalue weighted by molar-refractivity contribution is -0.139. The molecule has 0 bridgehead atoms. The molecule has 182 valence electrons. The lowest BCUT2D eigenvalue weighted by Crippen LogP contribution is -2.53. The number of hydrogen-bond donors (Lipinski definition) is 0. The molecule has 5 rings (SSSR count). The number of halogens is 1. The van der Waals surface area contributed by atoms with Crippen LogP contribution in [0.2, 0.25) is 5.02 Å². The van der Waals surface area contributed by atoms with E-state index in [0.717, 1.165) is 5.56 Å². The number of carbonyl (C=O) groups excluding carboxylic acids is 2. The Bertz CT molecular complexity index is 1190. The maximum atomic E-state index is 13.2. The van der Waals surface area contributed by atoms with Crippen molar-refractivity contribution in [2.75, 3.05) is 26.2 Å². The van der Waals surface area contributed by atoms with E-state index in [4.69, 9.17) is 21.1 Å². The van der Waals surface area contributed by atoms with Gasteiger partial charge in [-0.25, -0.2) is 4.68 Å². The van der Waals surface area contributed by atoms with E-state index in [1.807, 2.05) is 54.6 Å². The summed E-state index contributed by atoms with van der Waals surface area (Å²) >= 11 is 5.98. The van der Waals surface area contributed by atoms with E-state index >= 15 is 0 Å². The van der Waals surface area contributed by atoms with Gasteiger partial charge in [-0.15, -0.1) is 5.10 Å². The predicted molar refractivity (Wildman–Crippen MR) is 128 cm³/mol. The van der Waals surface area contributed by atoms with Crippen LogP contribution in [0.5, 0.6) is 5.75 Å². The van der Waals surface area contributed by atoms with Crippen LogP contribution in [0.3, 0.4) is 0 Å². The molecule has 9 nitrogen and oxygen atoms in total. The van der Waals surface area contributed by atoms with Crippen LogP contribution in [-0.2, 0) is 22.7 Å². The number of carbonyl (C=O) groups is 2. The van der Waals surface area contributed by atoms with E-state index in [0.29, 0.717) is 54.9 Å². The Morgan fingerprint density at radius 3 is 2.43 bits per heavy atom. The minimum absolute atomic E-state index is 0.0939. The third kappa shape index (κ3) is 5.01. The van der Waals surface area contributed by atoms with Gasteiger partial charge in [0.05, 0.1) is 18.8 Å². The molecule has 0 N–H and O–H groups in total. The first-order valence-corrected chi connectivity index (χ1v) is 12.0. The molecule has 2 atom stereocenters. The highest BCUT2D eigenvalue weighted by molar-refractivity contribution is 6.30. The van der Waals surface area contributed by atoms with Crippen LogP contribution in [0.25, 0.3) is 0 Å². The minimum Gasteiger partial charge on any atom is -0.481 e. The molecule has 2 aromatic carbocycles. The molecule has 10 heteroatoms. The van der Waals surface area contributed by atoms with Gasteiger partial charge in [0.1, 0.15) is 11.9 Å². The van der Waals surface area contributed by atoms with Gasteiger partial charge < -0.3 is 19.3 Å². The number of piperazine rings is 1. The lowest BCUT2D eigenvalue weighted by atomic mass is 10.1. The summed E-state index contributed by atoms with van der Waals surface area (Å²) < 4.78 is 13.5. The Balaban J connectivity index is 1.17. The van der Waals surface area contributed by atoms with Gasteiger partial charge in [-0.2, -0.15) is 0 Å². The highest BCUT2D eigenvalue weighted by atomic mass is 35.5. The van der Waals surface area contributed by atoms with Crippen molar-refractivity contribution in [2.24, 2.45) is 0 Å². The number of hydrogen-bond acceptors (Lipinski definition) is 6. The van der Waals surface area contributed by atoms with Gasteiger partial charge in [0.15, 0.2) is 11.8 Å². The number of aromatic nitrogens is 3. The predicted octanol–water partition coefficient (Wildman–Crippen LogP) is 2.95. The molecule has 0 radical (unpaired) electrons. The van der Waals surface area contributed by atoms with Crippen LogP contribution in [0, 0.1) is 0 Å². The summed E-state index contributed by atoms with van der Waals surface area (Å²) in [6.45, 7) is 4.17. The molecule has 1 fully saturated rings. The number of fused-ring (bicyclic) bond motifs is 1. The fraction of sp³-hybridized carbons (Fsp3) is 0.360. The maximum absolute atomic E-state index is 13.2. The Morgan fingerprint density at radius 1 is 1.03 bits per heavy atom. The summed E-state index contributed by atoms with van der Waals surface area (Å²) in [6.07, 6.45) is -0.784. The molecule has 1 saturated heterocycles. The van der Waals surface area contributed by atoms with Crippen LogP contribution in [0.1, 0.15) is 34.8 Å². The fourth-order valence-electron chi connectivity index (χ4n) is 4.35. The third-order valence-electron chi connectivity index (χ3n) is 6.32. The Labute approximate surface area is 208 Å². The zero-order chi connectivity index (χ0) is 24.4. The fourth-order valence-corrected chi connectivity index (χ4v) is 4.47. The Morgan fingerprint density at radius 2 is 1.71 bits per heavy atom. The van der Waals surface area contributed by atoms with Gasteiger partial charge in [0.25, 0.3) is 11.8 Å². The number of para-hydroxylation sites is 1. The van der Waals surface area contributed by atoms with E-state index in [1.165, 1.54) is 0 Å². The summed E-state index contributed by atoms with van der Waals surface area (Å²) in [5.41, 5.74) is 1.97. The second-order valence-electron chi connectivity index (χ2n) is 8.61. The van der Waals surface area contributed by atoms with E-state index in [-0.39, 0.29) is 24.5 Å². The molecule has 1 aromatic heterocycles. The molecule has 0 spiro atoms. The van der Waals surface area contributed by atoms with Crippen molar-refractivity contribution in [1.29, 1.82) is 0 Å². The average Bonchev–Trinajstić information content (AvgIpc) is 3.32. The van der Waals surface area contributed by atoms with Gasteiger partial charge in [-0.1, -0.05) is 47.1 Å². The highest BCUT2D eigenvalue weighted by Gasteiger charge is 2.33. The first-order chi connectivity index (χ1) is 17.0. The number of ether oxygens (including phenoxy) is 2. The van der Waals surface area contributed by atoms with Crippen LogP contribution < -0.4 is 4.74 Å². The number of rotatable bonds is 5. The second-order valence-corrected chi connectivity index (χ2v) is 9.05. The van der Waals surface area contributed by atoms with Gasteiger partial charge in [0, 0.05) is 31.2 Å². The molecular formula is C25H26ClN5O4. The molecular weight excluding hydrogens is 470 g/mol. The van der Waals surface area contributed by atoms with Gasteiger partial charge in [0.2, 0.25) is 0 Å². The summed E-state index contributed by atoms with van der Waals surface area (Å²) in [6, 6.07) is 16.8. The molecule has 35 heavy (non-hydrogen) atoms. The normalized spacial score (nSPS) is 18.6. The summed E-state index contributed by atoms with van der Waals surface area (Å²) in [5.74, 6) is 0.365. The molecule has 0 aliphatic carbocycles. The molecule has 0 saturated carbocycles. The molecule has 0 unspecified atom stereocenters. The zero-order valence-electron chi connectivity index (χ0n) is 19.3. The highest BCUT2D eigenvalue weighted by Crippen LogP contribution is 2.28. The summed E-state index contributed by atoms with van der Waals surface area (Å²) in [7, 11) is 0. The monoisotopic (exact) mass is 495 g/mol. The molecule has 3 heterocycles.